The second-order valence-corrected chi connectivity index (χ2v) is 6.92. The Kier molecular flexibility index (Phi) is 5.57. The average Bonchev–Trinajstić information content (AvgIpc) is 3.10. The summed E-state index contributed by atoms with van der Waals surface area (Å²) in [6.45, 7) is 2.07. The minimum Gasteiger partial charge on any atom is -0.494 e. The molecule has 0 aromatic heterocycles. The molecule has 0 radical (unpaired) electrons. The van der Waals surface area contributed by atoms with Crippen LogP contribution in [0.3, 0.4) is 0 Å². The van der Waals surface area contributed by atoms with Crippen LogP contribution in [0, 0.1) is 5.82 Å². The number of carboxylic acids is 1. The molecule has 0 unspecified atom stereocenters. The average molecular weight is 357 g/mol. The van der Waals surface area contributed by atoms with Crippen LogP contribution in [0.1, 0.15) is 59.6 Å². The standard InChI is InChI=1S/C21H24FNO3/c1-13(16-8-10-19(22)20(12-16)26-2)23-18-9-7-17(11-18)14-3-5-15(6-4-14)21(24)25/h3-6,8,10,12-13,17-18,23H,7,9,11H2,1-2H3,(H,24,25)/t13-,17-,18+/m1/s1. The highest BCUT2D eigenvalue weighted by atomic mass is 19.1. The molecule has 3 rings (SSSR count). The van der Waals surface area contributed by atoms with Crippen molar-refractivity contribution in [3.05, 3.63) is 65.0 Å². The molecule has 0 bridgehead atoms. The predicted octanol–water partition coefficient (Wildman–Crippen LogP) is 4.52. The van der Waals surface area contributed by atoms with Crippen molar-refractivity contribution >= 4 is 5.97 Å². The van der Waals surface area contributed by atoms with E-state index in [9.17, 15) is 9.18 Å². The Morgan fingerprint density at radius 2 is 1.96 bits per heavy atom. The first-order chi connectivity index (χ1) is 12.5. The van der Waals surface area contributed by atoms with Gasteiger partial charge in [0, 0.05) is 12.1 Å². The van der Waals surface area contributed by atoms with Crippen LogP contribution in [0.25, 0.3) is 0 Å². The smallest absolute Gasteiger partial charge is 0.335 e. The molecule has 2 aromatic rings. The van der Waals surface area contributed by atoms with Gasteiger partial charge in [0.05, 0.1) is 12.7 Å². The SMILES string of the molecule is COc1cc([C@@H](C)N[C@H]2CC[C@@H](c3ccc(C(=O)O)cc3)C2)ccc1F. The van der Waals surface area contributed by atoms with Gasteiger partial charge in [-0.1, -0.05) is 18.2 Å². The van der Waals surface area contributed by atoms with Gasteiger partial charge in [0.25, 0.3) is 0 Å². The molecule has 1 saturated carbocycles. The number of carbonyl (C=O) groups is 1. The van der Waals surface area contributed by atoms with Crippen LogP contribution in [-0.4, -0.2) is 24.2 Å². The summed E-state index contributed by atoms with van der Waals surface area (Å²) in [5.74, 6) is -0.551. The highest BCUT2D eigenvalue weighted by Gasteiger charge is 2.27. The number of carboxylic acid groups (broad SMARTS) is 1. The van der Waals surface area contributed by atoms with E-state index in [-0.39, 0.29) is 17.6 Å². The van der Waals surface area contributed by atoms with Gasteiger partial charge in [-0.05, 0) is 67.5 Å². The zero-order valence-electron chi connectivity index (χ0n) is 15.0. The first-order valence-electron chi connectivity index (χ1n) is 8.90. The maximum Gasteiger partial charge on any atom is 0.335 e. The third-order valence-electron chi connectivity index (χ3n) is 5.22. The topological polar surface area (TPSA) is 58.6 Å². The fraction of sp³-hybridized carbons (Fsp3) is 0.381. The monoisotopic (exact) mass is 357 g/mol. The molecule has 1 aliphatic rings. The molecule has 0 saturated heterocycles. The first-order valence-corrected chi connectivity index (χ1v) is 8.90. The minimum absolute atomic E-state index is 0.0997. The van der Waals surface area contributed by atoms with Crippen LogP contribution in [-0.2, 0) is 0 Å². The van der Waals surface area contributed by atoms with Crippen molar-refractivity contribution in [2.24, 2.45) is 0 Å². The van der Waals surface area contributed by atoms with Gasteiger partial charge in [-0.3, -0.25) is 0 Å². The molecule has 0 spiro atoms. The summed E-state index contributed by atoms with van der Waals surface area (Å²) in [5, 5.41) is 12.6. The van der Waals surface area contributed by atoms with Crippen molar-refractivity contribution in [1.82, 2.24) is 5.32 Å². The van der Waals surface area contributed by atoms with Gasteiger partial charge >= 0.3 is 5.97 Å². The third-order valence-corrected chi connectivity index (χ3v) is 5.22. The van der Waals surface area contributed by atoms with Crippen molar-refractivity contribution in [1.29, 1.82) is 0 Å². The van der Waals surface area contributed by atoms with Crippen molar-refractivity contribution in [2.45, 2.75) is 44.2 Å². The van der Waals surface area contributed by atoms with E-state index < -0.39 is 5.97 Å². The Morgan fingerprint density at radius 1 is 1.23 bits per heavy atom. The highest BCUT2D eigenvalue weighted by molar-refractivity contribution is 5.87. The molecule has 2 aromatic carbocycles. The number of benzene rings is 2. The molecule has 0 heterocycles. The summed E-state index contributed by atoms with van der Waals surface area (Å²) in [7, 11) is 1.47. The number of methoxy groups -OCH3 is 1. The van der Waals surface area contributed by atoms with E-state index in [0.29, 0.717) is 17.5 Å². The molecule has 1 fully saturated rings. The number of rotatable bonds is 6. The number of nitrogens with one attached hydrogen (secondary N) is 1. The Balaban J connectivity index is 1.61. The van der Waals surface area contributed by atoms with E-state index in [4.69, 9.17) is 9.84 Å². The van der Waals surface area contributed by atoms with E-state index in [1.807, 2.05) is 12.1 Å². The molecule has 26 heavy (non-hydrogen) atoms. The molecular formula is C21H24FNO3. The number of halogens is 1. The summed E-state index contributed by atoms with van der Waals surface area (Å²) in [5.41, 5.74) is 2.51. The van der Waals surface area contributed by atoms with E-state index in [1.54, 1.807) is 24.3 Å². The van der Waals surface area contributed by atoms with Crippen LogP contribution < -0.4 is 10.1 Å². The Labute approximate surface area is 153 Å². The molecule has 3 atom stereocenters. The fourth-order valence-electron chi connectivity index (χ4n) is 3.73. The third kappa shape index (κ3) is 4.05. The molecule has 4 nitrogen and oxygen atoms in total. The van der Waals surface area contributed by atoms with Crippen molar-refractivity contribution < 1.29 is 19.0 Å². The normalized spacial score (nSPS) is 20.7. The van der Waals surface area contributed by atoms with Gasteiger partial charge in [-0.2, -0.15) is 0 Å². The number of hydrogen-bond donors (Lipinski definition) is 2. The quantitative estimate of drug-likeness (QED) is 0.798. The van der Waals surface area contributed by atoms with Crippen molar-refractivity contribution in [3.63, 3.8) is 0 Å². The summed E-state index contributed by atoms with van der Waals surface area (Å²) >= 11 is 0. The summed E-state index contributed by atoms with van der Waals surface area (Å²) in [4.78, 5) is 11.0. The lowest BCUT2D eigenvalue weighted by Gasteiger charge is -2.21. The zero-order valence-corrected chi connectivity index (χ0v) is 15.0. The second kappa shape index (κ2) is 7.87. The van der Waals surface area contributed by atoms with Gasteiger partial charge in [0.2, 0.25) is 0 Å². The molecule has 0 amide bonds. The lowest BCUT2D eigenvalue weighted by molar-refractivity contribution is 0.0697. The van der Waals surface area contributed by atoms with E-state index in [1.165, 1.54) is 18.7 Å². The molecule has 138 valence electrons. The molecule has 0 aliphatic heterocycles. The number of aromatic carboxylic acids is 1. The van der Waals surface area contributed by atoms with Crippen LogP contribution >= 0.6 is 0 Å². The van der Waals surface area contributed by atoms with Gasteiger partial charge < -0.3 is 15.2 Å². The van der Waals surface area contributed by atoms with Crippen LogP contribution in [0.5, 0.6) is 5.75 Å². The second-order valence-electron chi connectivity index (χ2n) is 6.92. The van der Waals surface area contributed by atoms with Crippen LogP contribution in [0.2, 0.25) is 0 Å². The maximum absolute atomic E-state index is 13.6. The minimum atomic E-state index is -0.897. The zero-order chi connectivity index (χ0) is 18.7. The van der Waals surface area contributed by atoms with Gasteiger partial charge in [-0.25, -0.2) is 9.18 Å². The molecule has 5 heteroatoms. The molecule has 1 aliphatic carbocycles. The van der Waals surface area contributed by atoms with Crippen LogP contribution in [0.4, 0.5) is 4.39 Å². The van der Waals surface area contributed by atoms with E-state index in [2.05, 4.69) is 12.2 Å². The summed E-state index contributed by atoms with van der Waals surface area (Å²) in [6, 6.07) is 12.6. The van der Waals surface area contributed by atoms with E-state index in [0.717, 1.165) is 24.8 Å². The van der Waals surface area contributed by atoms with Gasteiger partial charge in [0.1, 0.15) is 0 Å². The predicted molar refractivity (Wildman–Crippen MR) is 98.3 cm³/mol. The van der Waals surface area contributed by atoms with Crippen molar-refractivity contribution in [3.8, 4) is 5.75 Å². The maximum atomic E-state index is 13.6. The van der Waals surface area contributed by atoms with Crippen molar-refractivity contribution in [2.75, 3.05) is 7.11 Å². The van der Waals surface area contributed by atoms with Gasteiger partial charge in [0.15, 0.2) is 11.6 Å². The molecule has 2 N–H and O–H groups in total. The van der Waals surface area contributed by atoms with Crippen LogP contribution in [0.15, 0.2) is 42.5 Å². The summed E-state index contributed by atoms with van der Waals surface area (Å²) in [6.07, 6.45) is 3.15. The highest BCUT2D eigenvalue weighted by Crippen LogP contribution is 2.35. The fourth-order valence-corrected chi connectivity index (χ4v) is 3.73. The Bertz CT molecular complexity index is 775. The number of hydrogen-bond acceptors (Lipinski definition) is 3. The van der Waals surface area contributed by atoms with E-state index >= 15 is 0 Å². The largest absolute Gasteiger partial charge is 0.494 e. The Hall–Kier alpha value is -2.40. The molecular weight excluding hydrogens is 333 g/mol. The lowest BCUT2D eigenvalue weighted by Crippen LogP contribution is -2.29. The summed E-state index contributed by atoms with van der Waals surface area (Å²) < 4.78 is 18.6. The van der Waals surface area contributed by atoms with Gasteiger partial charge in [-0.15, -0.1) is 0 Å². The first kappa shape index (κ1) is 18.4. The Morgan fingerprint density at radius 3 is 2.62 bits per heavy atom. The lowest BCUT2D eigenvalue weighted by atomic mass is 9.96. The number of ether oxygens (including phenoxy) is 1.